The van der Waals surface area contributed by atoms with Gasteiger partial charge in [-0.3, -0.25) is 19.7 Å². The molecule has 104 valence electrons. The van der Waals surface area contributed by atoms with Gasteiger partial charge >= 0.3 is 5.97 Å². The van der Waals surface area contributed by atoms with Crippen LogP contribution in [0, 0.1) is 10.1 Å². The molecule has 0 atom stereocenters. The molecule has 0 saturated heterocycles. The predicted octanol–water partition coefficient (Wildman–Crippen LogP) is 0.996. The van der Waals surface area contributed by atoms with E-state index in [1.807, 2.05) is 0 Å². The Bertz CT molecular complexity index is 469. The number of amides is 1. The highest BCUT2D eigenvalue weighted by Gasteiger charge is 2.13. The molecule has 8 nitrogen and oxygen atoms in total. The van der Waals surface area contributed by atoms with Crippen LogP contribution in [-0.2, 0) is 9.53 Å². The summed E-state index contributed by atoms with van der Waals surface area (Å²) >= 11 is 0. The molecule has 0 aliphatic heterocycles. The number of hydrogen-bond donors (Lipinski definition) is 2. The fraction of sp³-hybridized carbons (Fsp3) is 0.455. The second-order valence-electron chi connectivity index (χ2n) is 3.69. The van der Waals surface area contributed by atoms with E-state index in [1.165, 1.54) is 0 Å². The van der Waals surface area contributed by atoms with Gasteiger partial charge in [0, 0.05) is 19.0 Å². The fourth-order valence-electron chi connectivity index (χ4n) is 1.38. The van der Waals surface area contributed by atoms with Gasteiger partial charge in [0.1, 0.15) is 5.69 Å². The van der Waals surface area contributed by atoms with E-state index < -0.39 is 10.8 Å². The SMILES string of the molecule is CCOC(=O)CCCNC(=O)c1cc([N+](=O)[O-])c[nH]1. The summed E-state index contributed by atoms with van der Waals surface area (Å²) in [4.78, 5) is 34.9. The van der Waals surface area contributed by atoms with Gasteiger partial charge in [0.15, 0.2) is 0 Å². The van der Waals surface area contributed by atoms with Crippen molar-refractivity contribution in [3.63, 3.8) is 0 Å². The van der Waals surface area contributed by atoms with Crippen LogP contribution in [0.15, 0.2) is 12.3 Å². The average Bonchev–Trinajstić information content (AvgIpc) is 2.84. The Morgan fingerprint density at radius 1 is 1.53 bits per heavy atom. The second kappa shape index (κ2) is 7.14. The van der Waals surface area contributed by atoms with Crippen molar-refractivity contribution in [3.05, 3.63) is 28.1 Å². The molecule has 1 rings (SSSR count). The van der Waals surface area contributed by atoms with Crippen molar-refractivity contribution in [1.82, 2.24) is 10.3 Å². The first-order valence-corrected chi connectivity index (χ1v) is 5.81. The lowest BCUT2D eigenvalue weighted by atomic mass is 10.3. The molecule has 0 radical (unpaired) electrons. The van der Waals surface area contributed by atoms with E-state index in [-0.39, 0.29) is 23.8 Å². The van der Waals surface area contributed by atoms with Crippen molar-refractivity contribution in [2.24, 2.45) is 0 Å². The van der Waals surface area contributed by atoms with Crippen LogP contribution in [0.5, 0.6) is 0 Å². The normalized spacial score (nSPS) is 9.95. The van der Waals surface area contributed by atoms with Crippen molar-refractivity contribution < 1.29 is 19.2 Å². The molecule has 1 heterocycles. The number of esters is 1. The first kappa shape index (κ1) is 14.7. The Morgan fingerprint density at radius 3 is 2.84 bits per heavy atom. The summed E-state index contributed by atoms with van der Waals surface area (Å²) in [6.45, 7) is 2.35. The van der Waals surface area contributed by atoms with Gasteiger partial charge in [0.05, 0.1) is 17.7 Å². The summed E-state index contributed by atoms with van der Waals surface area (Å²) in [6.07, 6.45) is 1.82. The summed E-state index contributed by atoms with van der Waals surface area (Å²) in [6, 6.07) is 1.15. The summed E-state index contributed by atoms with van der Waals surface area (Å²) < 4.78 is 4.73. The van der Waals surface area contributed by atoms with Crippen molar-refractivity contribution in [1.29, 1.82) is 0 Å². The highest BCUT2D eigenvalue weighted by atomic mass is 16.6. The van der Waals surface area contributed by atoms with Gasteiger partial charge in [-0.15, -0.1) is 0 Å². The lowest BCUT2D eigenvalue weighted by molar-refractivity contribution is -0.384. The Balaban J connectivity index is 2.31. The molecule has 1 amide bonds. The third-order valence-corrected chi connectivity index (χ3v) is 2.27. The number of aromatic amines is 1. The lowest BCUT2D eigenvalue weighted by Crippen LogP contribution is -2.25. The number of nitrogens with one attached hydrogen (secondary N) is 2. The first-order chi connectivity index (χ1) is 9.04. The zero-order chi connectivity index (χ0) is 14.3. The first-order valence-electron chi connectivity index (χ1n) is 5.81. The minimum absolute atomic E-state index is 0.114. The van der Waals surface area contributed by atoms with Crippen LogP contribution in [-0.4, -0.2) is 34.9 Å². The molecule has 1 aromatic heterocycles. The molecule has 8 heteroatoms. The summed E-state index contributed by atoms with van der Waals surface area (Å²) in [5, 5.41) is 13.0. The zero-order valence-electron chi connectivity index (χ0n) is 10.5. The maximum absolute atomic E-state index is 11.6. The van der Waals surface area contributed by atoms with Crippen LogP contribution >= 0.6 is 0 Å². The van der Waals surface area contributed by atoms with E-state index in [0.717, 1.165) is 12.3 Å². The number of ether oxygens (including phenoxy) is 1. The minimum atomic E-state index is -0.589. The quantitative estimate of drug-likeness (QED) is 0.331. The van der Waals surface area contributed by atoms with E-state index in [4.69, 9.17) is 4.74 Å². The minimum Gasteiger partial charge on any atom is -0.466 e. The van der Waals surface area contributed by atoms with Crippen LogP contribution in [0.1, 0.15) is 30.3 Å². The molecule has 0 bridgehead atoms. The van der Waals surface area contributed by atoms with Crippen molar-refractivity contribution in [2.75, 3.05) is 13.2 Å². The Labute approximate surface area is 109 Å². The molecule has 0 aliphatic carbocycles. The van der Waals surface area contributed by atoms with Gasteiger partial charge in [-0.1, -0.05) is 0 Å². The largest absolute Gasteiger partial charge is 0.466 e. The van der Waals surface area contributed by atoms with E-state index in [9.17, 15) is 19.7 Å². The lowest BCUT2D eigenvalue weighted by Gasteiger charge is -2.03. The number of nitrogens with zero attached hydrogens (tertiary/aromatic N) is 1. The van der Waals surface area contributed by atoms with E-state index in [1.54, 1.807) is 6.92 Å². The van der Waals surface area contributed by atoms with Crippen molar-refractivity contribution in [2.45, 2.75) is 19.8 Å². The molecule has 0 unspecified atom stereocenters. The summed E-state index contributed by atoms with van der Waals surface area (Å²) in [7, 11) is 0. The van der Waals surface area contributed by atoms with E-state index in [0.29, 0.717) is 19.6 Å². The van der Waals surface area contributed by atoms with Crippen molar-refractivity contribution in [3.8, 4) is 0 Å². The number of hydrogen-bond acceptors (Lipinski definition) is 5. The molecule has 19 heavy (non-hydrogen) atoms. The fourth-order valence-corrected chi connectivity index (χ4v) is 1.38. The van der Waals surface area contributed by atoms with Gasteiger partial charge in [-0.05, 0) is 13.3 Å². The van der Waals surface area contributed by atoms with Crippen LogP contribution in [0.25, 0.3) is 0 Å². The highest BCUT2D eigenvalue weighted by Crippen LogP contribution is 2.11. The molecule has 2 N–H and O–H groups in total. The van der Waals surface area contributed by atoms with Gasteiger partial charge < -0.3 is 15.0 Å². The predicted molar refractivity (Wildman–Crippen MR) is 65.6 cm³/mol. The van der Waals surface area contributed by atoms with Crippen LogP contribution in [0.4, 0.5) is 5.69 Å². The number of rotatable bonds is 7. The zero-order valence-corrected chi connectivity index (χ0v) is 10.5. The summed E-state index contributed by atoms with van der Waals surface area (Å²) in [5.41, 5.74) is -0.0560. The topological polar surface area (TPSA) is 114 Å². The molecule has 0 aliphatic rings. The van der Waals surface area contributed by atoms with Gasteiger partial charge in [0.25, 0.3) is 11.6 Å². The summed E-state index contributed by atoms with van der Waals surface area (Å²) in [5.74, 6) is -0.760. The Morgan fingerprint density at radius 2 is 2.26 bits per heavy atom. The van der Waals surface area contributed by atoms with Gasteiger partial charge in [-0.2, -0.15) is 0 Å². The van der Waals surface area contributed by atoms with Crippen LogP contribution in [0.3, 0.4) is 0 Å². The molecule has 0 spiro atoms. The number of H-pyrrole nitrogens is 1. The average molecular weight is 269 g/mol. The van der Waals surface area contributed by atoms with Crippen molar-refractivity contribution >= 4 is 17.6 Å². The molecular weight excluding hydrogens is 254 g/mol. The maximum atomic E-state index is 11.6. The van der Waals surface area contributed by atoms with Crippen LogP contribution < -0.4 is 5.32 Å². The third-order valence-electron chi connectivity index (χ3n) is 2.27. The third kappa shape index (κ3) is 4.78. The Hall–Kier alpha value is -2.38. The van der Waals surface area contributed by atoms with E-state index in [2.05, 4.69) is 10.3 Å². The number of carbonyl (C=O) groups is 2. The molecule has 0 fully saturated rings. The molecule has 0 aromatic carbocycles. The number of nitro groups is 1. The van der Waals surface area contributed by atoms with Crippen LogP contribution in [0.2, 0.25) is 0 Å². The molecular formula is C11H15N3O5. The standard InChI is InChI=1S/C11H15N3O5/c1-2-19-10(15)4-3-5-12-11(16)9-6-8(7-13-9)14(17)18/h6-7,13H,2-5H2,1H3,(H,12,16). The second-order valence-corrected chi connectivity index (χ2v) is 3.69. The number of aromatic nitrogens is 1. The molecule has 1 aromatic rings. The number of carbonyl (C=O) groups excluding carboxylic acids is 2. The smallest absolute Gasteiger partial charge is 0.305 e. The van der Waals surface area contributed by atoms with Gasteiger partial charge in [0.2, 0.25) is 0 Å². The van der Waals surface area contributed by atoms with Gasteiger partial charge in [-0.25, -0.2) is 0 Å². The van der Waals surface area contributed by atoms with E-state index >= 15 is 0 Å². The monoisotopic (exact) mass is 269 g/mol. The highest BCUT2D eigenvalue weighted by molar-refractivity contribution is 5.93. The maximum Gasteiger partial charge on any atom is 0.305 e. The Kier molecular flexibility index (Phi) is 5.52. The molecule has 0 saturated carbocycles.